The zero-order valence-corrected chi connectivity index (χ0v) is 13.9. The van der Waals surface area contributed by atoms with Crippen LogP contribution in [-0.4, -0.2) is 18.1 Å². The highest BCUT2D eigenvalue weighted by Crippen LogP contribution is 2.59. The molecule has 4 rings (SSSR count). The average Bonchev–Trinajstić information content (AvgIpc) is 2.43. The lowest BCUT2D eigenvalue weighted by atomic mass is 9.49. The van der Waals surface area contributed by atoms with Crippen LogP contribution in [-0.2, 0) is 9.53 Å². The zero-order chi connectivity index (χ0) is 15.3. The molecule has 0 aliphatic heterocycles. The van der Waals surface area contributed by atoms with Gasteiger partial charge in [-0.05, 0) is 64.2 Å². The van der Waals surface area contributed by atoms with Gasteiger partial charge in [-0.25, -0.2) is 0 Å². The SMILES string of the molecule is [CH2-][NH2+]CC1(OC(=O)C(C)(C)CC)C2CC3CC(C2)CC1C3. The standard InChI is InChI=1S/C18H31NO2/c1-5-17(2,3)16(20)21-18(11-19-4)14-7-12-6-13(9-14)10-15(18)8-12/h12-15H,4-11,19H2,1-3H3. The monoisotopic (exact) mass is 293 g/mol. The van der Waals surface area contributed by atoms with Crippen LogP contribution >= 0.6 is 0 Å². The van der Waals surface area contributed by atoms with Crippen molar-refractivity contribution in [2.45, 2.75) is 64.9 Å². The molecule has 0 aromatic carbocycles. The van der Waals surface area contributed by atoms with E-state index in [0.29, 0.717) is 11.8 Å². The molecule has 4 fully saturated rings. The lowest BCUT2D eigenvalue weighted by Gasteiger charge is -2.59. The highest BCUT2D eigenvalue weighted by Gasteiger charge is 2.60. The summed E-state index contributed by atoms with van der Waals surface area (Å²) in [5.41, 5.74) is -0.610. The largest absolute Gasteiger partial charge is 0.476 e. The van der Waals surface area contributed by atoms with Gasteiger partial charge >= 0.3 is 5.97 Å². The zero-order valence-electron chi connectivity index (χ0n) is 13.9. The van der Waals surface area contributed by atoms with Crippen molar-refractivity contribution in [3.05, 3.63) is 7.05 Å². The Morgan fingerprint density at radius 2 is 1.71 bits per heavy atom. The Kier molecular flexibility index (Phi) is 3.84. The number of carbonyl (C=O) groups excluding carboxylic acids is 1. The molecular formula is C18H31NO2. The van der Waals surface area contributed by atoms with Crippen LogP contribution < -0.4 is 5.32 Å². The first-order valence-corrected chi connectivity index (χ1v) is 8.75. The Morgan fingerprint density at radius 3 is 2.14 bits per heavy atom. The predicted molar refractivity (Wildman–Crippen MR) is 82.1 cm³/mol. The molecule has 2 N–H and O–H groups in total. The highest BCUT2D eigenvalue weighted by molar-refractivity contribution is 5.76. The summed E-state index contributed by atoms with van der Waals surface area (Å²) in [6.07, 6.45) is 7.31. The first-order chi connectivity index (χ1) is 9.91. The third kappa shape index (κ3) is 2.42. The molecule has 0 spiro atoms. The van der Waals surface area contributed by atoms with E-state index in [9.17, 15) is 4.79 Å². The Bertz CT molecular complexity index is 387. The molecule has 120 valence electrons. The van der Waals surface area contributed by atoms with E-state index in [0.717, 1.165) is 24.8 Å². The molecule has 3 heteroatoms. The van der Waals surface area contributed by atoms with Crippen molar-refractivity contribution in [2.75, 3.05) is 6.54 Å². The lowest BCUT2D eigenvalue weighted by molar-refractivity contribution is -0.616. The first kappa shape index (κ1) is 15.3. The van der Waals surface area contributed by atoms with Crippen LogP contribution in [0.1, 0.15) is 59.3 Å². The van der Waals surface area contributed by atoms with E-state index in [2.05, 4.69) is 14.0 Å². The second-order valence-electron chi connectivity index (χ2n) is 8.38. The van der Waals surface area contributed by atoms with Crippen LogP contribution in [0.3, 0.4) is 0 Å². The average molecular weight is 293 g/mol. The van der Waals surface area contributed by atoms with Gasteiger partial charge in [0.2, 0.25) is 0 Å². The summed E-state index contributed by atoms with van der Waals surface area (Å²) in [6, 6.07) is 0. The molecule has 0 amide bonds. The van der Waals surface area contributed by atoms with Gasteiger partial charge in [0.15, 0.2) is 5.60 Å². The summed E-state index contributed by atoms with van der Waals surface area (Å²) in [6.45, 7) is 6.92. The summed E-state index contributed by atoms with van der Waals surface area (Å²) in [7, 11) is 3.96. The summed E-state index contributed by atoms with van der Waals surface area (Å²) in [5, 5.41) is 1.98. The molecule has 4 saturated carbocycles. The van der Waals surface area contributed by atoms with Crippen LogP contribution in [0.2, 0.25) is 0 Å². The van der Waals surface area contributed by atoms with Crippen molar-refractivity contribution >= 4 is 5.97 Å². The van der Waals surface area contributed by atoms with Crippen LogP contribution in [0, 0.1) is 36.1 Å². The summed E-state index contributed by atoms with van der Waals surface area (Å²) in [4.78, 5) is 12.7. The minimum Gasteiger partial charge on any atom is -0.476 e. The number of carbonyl (C=O) groups is 1. The lowest BCUT2D eigenvalue weighted by Crippen LogP contribution is -2.85. The van der Waals surface area contributed by atoms with Gasteiger partial charge in [0.25, 0.3) is 0 Å². The number of quaternary nitrogens is 1. The van der Waals surface area contributed by atoms with Crippen LogP contribution in [0.15, 0.2) is 0 Å². The highest BCUT2D eigenvalue weighted by atomic mass is 16.6. The Labute approximate surface area is 129 Å². The molecule has 3 nitrogen and oxygen atoms in total. The maximum atomic E-state index is 12.7. The third-order valence-corrected chi connectivity index (χ3v) is 6.70. The van der Waals surface area contributed by atoms with Gasteiger partial charge in [0, 0.05) is 11.8 Å². The molecule has 0 unspecified atom stereocenters. The van der Waals surface area contributed by atoms with Crippen molar-refractivity contribution in [2.24, 2.45) is 29.1 Å². The molecule has 0 aromatic rings. The maximum Gasteiger partial charge on any atom is 0.312 e. The van der Waals surface area contributed by atoms with E-state index in [1.165, 1.54) is 32.1 Å². The van der Waals surface area contributed by atoms with Gasteiger partial charge < -0.3 is 10.1 Å². The van der Waals surface area contributed by atoms with Gasteiger partial charge in [-0.15, -0.1) is 0 Å². The normalized spacial score (nSPS) is 41.3. The summed E-state index contributed by atoms with van der Waals surface area (Å²) >= 11 is 0. The topological polar surface area (TPSA) is 42.9 Å². The molecule has 4 aliphatic rings. The van der Waals surface area contributed by atoms with Gasteiger partial charge in [-0.3, -0.25) is 4.79 Å². The van der Waals surface area contributed by atoms with Crippen LogP contribution in [0.5, 0.6) is 0 Å². The minimum absolute atomic E-state index is 0.000626. The fourth-order valence-electron chi connectivity index (χ4n) is 5.20. The van der Waals surface area contributed by atoms with E-state index in [1.54, 1.807) is 0 Å². The molecule has 0 aromatic heterocycles. The quantitative estimate of drug-likeness (QED) is 0.625. The van der Waals surface area contributed by atoms with Crippen molar-refractivity contribution < 1.29 is 14.8 Å². The predicted octanol–water partition coefficient (Wildman–Crippen LogP) is 2.52. The second kappa shape index (κ2) is 5.26. The van der Waals surface area contributed by atoms with Crippen LogP contribution in [0.25, 0.3) is 0 Å². The first-order valence-electron chi connectivity index (χ1n) is 8.75. The van der Waals surface area contributed by atoms with Gasteiger partial charge in [-0.1, -0.05) is 6.92 Å². The van der Waals surface area contributed by atoms with E-state index in [4.69, 9.17) is 4.74 Å². The van der Waals surface area contributed by atoms with Crippen molar-refractivity contribution in [1.29, 1.82) is 0 Å². The molecule has 21 heavy (non-hydrogen) atoms. The molecule has 0 atom stereocenters. The van der Waals surface area contributed by atoms with Gasteiger partial charge in [0.1, 0.15) is 0 Å². The summed E-state index contributed by atoms with van der Waals surface area (Å²) < 4.78 is 6.30. The molecule has 4 bridgehead atoms. The van der Waals surface area contributed by atoms with E-state index in [-0.39, 0.29) is 17.0 Å². The number of nitrogens with two attached hydrogens (primary N) is 1. The Hall–Kier alpha value is -0.570. The van der Waals surface area contributed by atoms with E-state index < -0.39 is 0 Å². The van der Waals surface area contributed by atoms with E-state index in [1.807, 2.05) is 19.2 Å². The molecule has 0 heterocycles. The van der Waals surface area contributed by atoms with Crippen molar-refractivity contribution in [1.82, 2.24) is 0 Å². The number of esters is 1. The Balaban J connectivity index is 1.85. The molecular weight excluding hydrogens is 262 g/mol. The third-order valence-electron chi connectivity index (χ3n) is 6.70. The smallest absolute Gasteiger partial charge is 0.312 e. The van der Waals surface area contributed by atoms with Crippen LogP contribution in [0.4, 0.5) is 0 Å². The number of ether oxygens (including phenoxy) is 1. The van der Waals surface area contributed by atoms with Gasteiger partial charge in [0.05, 0.1) is 12.0 Å². The fourth-order valence-corrected chi connectivity index (χ4v) is 5.20. The van der Waals surface area contributed by atoms with Crippen molar-refractivity contribution in [3.63, 3.8) is 0 Å². The summed E-state index contributed by atoms with van der Waals surface area (Å²) in [5.74, 6) is 2.93. The van der Waals surface area contributed by atoms with Gasteiger partial charge in [-0.2, -0.15) is 7.05 Å². The number of hydrogen-bond donors (Lipinski definition) is 1. The maximum absolute atomic E-state index is 12.7. The van der Waals surface area contributed by atoms with E-state index >= 15 is 0 Å². The molecule has 4 aliphatic carbocycles. The number of rotatable bonds is 5. The number of hydrogen-bond acceptors (Lipinski definition) is 2. The molecule has 0 radical (unpaired) electrons. The minimum atomic E-state index is -0.372. The molecule has 0 saturated heterocycles. The fraction of sp³-hybridized carbons (Fsp3) is 0.889. The second-order valence-corrected chi connectivity index (χ2v) is 8.38. The van der Waals surface area contributed by atoms with Crippen molar-refractivity contribution in [3.8, 4) is 0 Å². The Morgan fingerprint density at radius 1 is 1.19 bits per heavy atom.